The molecule has 2 amide bonds. The van der Waals surface area contributed by atoms with Gasteiger partial charge in [0.05, 0.1) is 0 Å². The van der Waals surface area contributed by atoms with Crippen LogP contribution >= 0.6 is 0 Å². The Balaban J connectivity index is 1.11. The lowest BCUT2D eigenvalue weighted by Gasteiger charge is -2.15. The lowest BCUT2D eigenvalue weighted by atomic mass is 9.91. The van der Waals surface area contributed by atoms with Crippen LogP contribution in [0.25, 0.3) is 21.5 Å². The fourth-order valence-corrected chi connectivity index (χ4v) is 10.3. The third kappa shape index (κ3) is 23.3. The molecule has 0 aliphatic heterocycles. The van der Waals surface area contributed by atoms with Gasteiger partial charge >= 0.3 is 0 Å². The van der Waals surface area contributed by atoms with Crippen molar-refractivity contribution < 1.29 is 19.8 Å². The van der Waals surface area contributed by atoms with Crippen molar-refractivity contribution in [2.24, 2.45) is 0 Å². The Morgan fingerprint density at radius 2 is 0.657 bits per heavy atom. The number of unbranched alkanes of at least 4 members (excludes halogenated alkanes) is 32. The minimum absolute atomic E-state index is 0.0740. The molecule has 4 aromatic rings. The first-order valence-corrected chi connectivity index (χ1v) is 29.0. The van der Waals surface area contributed by atoms with Gasteiger partial charge in [-0.3, -0.25) is 9.59 Å². The van der Waals surface area contributed by atoms with Gasteiger partial charge in [0.1, 0.15) is 11.5 Å². The first-order valence-electron chi connectivity index (χ1n) is 29.0. The SMILES string of the molecule is C=C(Cc1c(O)ccc2cc(C(=O)NCCCCCCCCCCCCCCCCCCC)ccc12)Cc1c(O)ccc2cc(C(=O)NCCCCCCCCCCCCCCCCCCC)ccc12. The maximum Gasteiger partial charge on any atom is 0.251 e. The smallest absolute Gasteiger partial charge is 0.251 e. The number of hydrogen-bond acceptors (Lipinski definition) is 4. The van der Waals surface area contributed by atoms with E-state index in [0.717, 1.165) is 63.9 Å². The molecule has 4 rings (SSSR count). The van der Waals surface area contributed by atoms with E-state index in [2.05, 4.69) is 31.1 Å². The normalized spacial score (nSPS) is 11.5. The zero-order chi connectivity index (χ0) is 49.9. The summed E-state index contributed by atoms with van der Waals surface area (Å²) in [6, 6.07) is 18.4. The number of nitrogens with one attached hydrogen (secondary N) is 2. The maximum atomic E-state index is 13.1. The van der Waals surface area contributed by atoms with Crippen LogP contribution < -0.4 is 10.6 Å². The molecule has 6 heteroatoms. The molecule has 70 heavy (non-hydrogen) atoms. The maximum absolute atomic E-state index is 13.1. The van der Waals surface area contributed by atoms with E-state index in [9.17, 15) is 19.8 Å². The summed E-state index contributed by atoms with van der Waals surface area (Å²) in [5, 5.41) is 31.8. The molecule has 0 saturated carbocycles. The highest BCUT2D eigenvalue weighted by atomic mass is 16.3. The molecule has 0 fully saturated rings. The average Bonchev–Trinajstić information content (AvgIpc) is 3.36. The van der Waals surface area contributed by atoms with Crippen LogP contribution in [0.4, 0.5) is 0 Å². The molecule has 0 unspecified atom stereocenters. The van der Waals surface area contributed by atoms with E-state index in [0.29, 0.717) is 37.1 Å². The van der Waals surface area contributed by atoms with Crippen LogP contribution in [0, 0.1) is 0 Å². The van der Waals surface area contributed by atoms with Crippen LogP contribution in [0.1, 0.15) is 264 Å². The Labute approximate surface area is 426 Å². The molecule has 0 heterocycles. The lowest BCUT2D eigenvalue weighted by molar-refractivity contribution is 0.0945. The highest BCUT2D eigenvalue weighted by Gasteiger charge is 2.16. The first-order chi connectivity index (χ1) is 34.3. The van der Waals surface area contributed by atoms with Gasteiger partial charge in [-0.25, -0.2) is 0 Å². The van der Waals surface area contributed by atoms with E-state index in [-0.39, 0.29) is 23.3 Å². The first kappa shape index (κ1) is 58.3. The van der Waals surface area contributed by atoms with E-state index < -0.39 is 0 Å². The number of rotatable bonds is 42. The number of allylic oxidation sites excluding steroid dienone is 1. The van der Waals surface area contributed by atoms with Crippen molar-refractivity contribution in [3.8, 4) is 11.5 Å². The van der Waals surface area contributed by atoms with Crippen LogP contribution in [-0.4, -0.2) is 35.1 Å². The van der Waals surface area contributed by atoms with Crippen molar-refractivity contribution in [2.75, 3.05) is 13.1 Å². The second-order valence-electron chi connectivity index (χ2n) is 20.9. The fraction of sp³-hybridized carbons (Fsp3) is 0.625. The lowest BCUT2D eigenvalue weighted by Crippen LogP contribution is -2.24. The Kier molecular flexibility index (Phi) is 30.4. The molecule has 0 atom stereocenters. The highest BCUT2D eigenvalue weighted by Crippen LogP contribution is 2.34. The van der Waals surface area contributed by atoms with E-state index in [1.807, 2.05) is 48.5 Å². The second kappa shape index (κ2) is 36.6. The van der Waals surface area contributed by atoms with E-state index >= 15 is 0 Å². The predicted octanol–water partition coefficient (Wildman–Crippen LogP) is 18.5. The summed E-state index contributed by atoms with van der Waals surface area (Å²) >= 11 is 0. The number of hydrogen-bond donors (Lipinski definition) is 4. The second-order valence-corrected chi connectivity index (χ2v) is 20.9. The van der Waals surface area contributed by atoms with Crippen molar-refractivity contribution in [3.63, 3.8) is 0 Å². The van der Waals surface area contributed by atoms with Crippen molar-refractivity contribution in [2.45, 2.75) is 245 Å². The molecule has 0 spiro atoms. The minimum Gasteiger partial charge on any atom is -0.508 e. The van der Waals surface area contributed by atoms with Gasteiger partial charge in [-0.15, -0.1) is 0 Å². The zero-order valence-corrected chi connectivity index (χ0v) is 44.6. The molecule has 4 aromatic carbocycles. The zero-order valence-electron chi connectivity index (χ0n) is 44.6. The Morgan fingerprint density at radius 3 is 0.943 bits per heavy atom. The molecule has 0 aliphatic carbocycles. The Bertz CT molecular complexity index is 1930. The minimum atomic E-state index is -0.0740. The molecule has 6 nitrogen and oxygen atoms in total. The van der Waals surface area contributed by atoms with Gasteiger partial charge < -0.3 is 20.8 Å². The van der Waals surface area contributed by atoms with E-state index in [4.69, 9.17) is 0 Å². The summed E-state index contributed by atoms with van der Waals surface area (Å²) in [7, 11) is 0. The molecule has 0 aromatic heterocycles. The molecule has 4 N–H and O–H groups in total. The van der Waals surface area contributed by atoms with E-state index in [1.165, 1.54) is 193 Å². The molecular weight excluding hydrogens is 861 g/mol. The number of benzene rings is 4. The van der Waals surface area contributed by atoms with Crippen LogP contribution in [0.3, 0.4) is 0 Å². The molecule has 0 aliphatic rings. The third-order valence-electron chi connectivity index (χ3n) is 14.7. The third-order valence-corrected chi connectivity index (χ3v) is 14.7. The largest absolute Gasteiger partial charge is 0.508 e. The number of fused-ring (bicyclic) bond motifs is 2. The Hall–Kier alpha value is -4.32. The van der Waals surface area contributed by atoms with Gasteiger partial charge in [0.2, 0.25) is 0 Å². The fourth-order valence-electron chi connectivity index (χ4n) is 10.3. The highest BCUT2D eigenvalue weighted by molar-refractivity contribution is 6.00. The van der Waals surface area contributed by atoms with E-state index in [1.54, 1.807) is 12.1 Å². The van der Waals surface area contributed by atoms with Gasteiger partial charge in [-0.1, -0.05) is 256 Å². The summed E-state index contributed by atoms with van der Waals surface area (Å²) in [4.78, 5) is 26.3. The van der Waals surface area contributed by atoms with Crippen LogP contribution in [0.15, 0.2) is 72.8 Å². The number of carbonyl (C=O) groups excluding carboxylic acids is 2. The molecule has 388 valence electrons. The van der Waals surface area contributed by atoms with Crippen LogP contribution in [-0.2, 0) is 12.8 Å². The monoisotopic (exact) mass is 959 g/mol. The number of phenols is 2. The topological polar surface area (TPSA) is 98.7 Å². The van der Waals surface area contributed by atoms with Crippen LogP contribution in [0.2, 0.25) is 0 Å². The quantitative estimate of drug-likeness (QED) is 0.0263. The molecule has 0 saturated heterocycles. The van der Waals surface area contributed by atoms with Crippen molar-refractivity contribution >= 4 is 33.4 Å². The summed E-state index contributed by atoms with van der Waals surface area (Å²) in [5.41, 5.74) is 3.54. The standard InChI is InChI=1S/C64H98N2O4/c1-4-6-8-10-12-14-16-18-20-22-24-26-28-30-32-34-36-46-65-63(69)55-38-42-57-53(50-55)40-44-61(67)59(57)48-52(3)49-60-58-43-39-56(51-54(58)41-45-62(60)68)64(70)66-47-37-35-33-31-29-27-25-23-21-19-17-15-13-11-9-7-5-2/h38-45,50-51,67-68H,3-37,46-49H2,1-2H3,(H,65,69)(H,66,70). The molecule has 0 bridgehead atoms. The predicted molar refractivity (Wildman–Crippen MR) is 301 cm³/mol. The summed E-state index contributed by atoms with van der Waals surface area (Å²) in [6.07, 6.45) is 46.2. The van der Waals surface area contributed by atoms with Gasteiger partial charge in [-0.05, 0) is 83.6 Å². The number of carbonyl (C=O) groups is 2. The Morgan fingerprint density at radius 1 is 0.386 bits per heavy atom. The van der Waals surface area contributed by atoms with Crippen molar-refractivity contribution in [3.05, 3.63) is 95.1 Å². The summed E-state index contributed by atoms with van der Waals surface area (Å²) in [5.74, 6) is 0.208. The van der Waals surface area contributed by atoms with Crippen molar-refractivity contribution in [1.82, 2.24) is 10.6 Å². The average molecular weight is 959 g/mol. The molecular formula is C64H98N2O4. The van der Waals surface area contributed by atoms with Gasteiger partial charge in [0, 0.05) is 35.3 Å². The van der Waals surface area contributed by atoms with Gasteiger partial charge in [-0.2, -0.15) is 0 Å². The summed E-state index contributed by atoms with van der Waals surface area (Å²) < 4.78 is 0. The number of amides is 2. The number of aromatic hydroxyl groups is 2. The number of phenolic OH excluding ortho intramolecular Hbond substituents is 2. The van der Waals surface area contributed by atoms with Gasteiger partial charge in [0.15, 0.2) is 0 Å². The molecule has 0 radical (unpaired) electrons. The van der Waals surface area contributed by atoms with Crippen molar-refractivity contribution in [1.29, 1.82) is 0 Å². The van der Waals surface area contributed by atoms with Gasteiger partial charge in [0.25, 0.3) is 11.8 Å². The summed E-state index contributed by atoms with van der Waals surface area (Å²) in [6.45, 7) is 10.3. The van der Waals surface area contributed by atoms with Crippen LogP contribution in [0.5, 0.6) is 11.5 Å².